The van der Waals surface area contributed by atoms with Crippen molar-refractivity contribution < 1.29 is 19.2 Å². The van der Waals surface area contributed by atoms with Crippen LogP contribution < -0.4 is 20.1 Å². The number of nitrogens with one attached hydrogen (secondary N) is 2. The SMILES string of the molecule is CN1C=CC(Oc2ccc(NC(=O)Nc3cccc(OCc4ccccc4[N+](=O)[O-])c3)cc2)=CC1. The summed E-state index contributed by atoms with van der Waals surface area (Å²) < 4.78 is 11.5. The molecule has 0 fully saturated rings. The standard InChI is InChI=1S/C26H24N4O5/c1-29-15-13-23(14-16-29)35-22-11-9-20(10-12-22)27-26(31)28-21-6-4-7-24(17-21)34-18-19-5-2-3-8-25(19)30(32)33/h2-15,17H,16,18H2,1H3,(H2,27,28,31). The first kappa shape index (κ1) is 23.4. The van der Waals surface area contributed by atoms with E-state index in [9.17, 15) is 14.9 Å². The lowest BCUT2D eigenvalue weighted by molar-refractivity contribution is -0.385. The maximum Gasteiger partial charge on any atom is 0.323 e. The molecule has 0 saturated carbocycles. The maximum absolute atomic E-state index is 12.4. The summed E-state index contributed by atoms with van der Waals surface area (Å²) in [6.07, 6.45) is 5.82. The van der Waals surface area contributed by atoms with Crippen LogP contribution in [0.5, 0.6) is 11.5 Å². The summed E-state index contributed by atoms with van der Waals surface area (Å²) in [4.78, 5) is 25.2. The van der Waals surface area contributed by atoms with Crippen molar-refractivity contribution in [1.29, 1.82) is 0 Å². The van der Waals surface area contributed by atoms with Crippen molar-refractivity contribution in [2.75, 3.05) is 24.2 Å². The molecule has 35 heavy (non-hydrogen) atoms. The molecule has 0 aromatic heterocycles. The molecule has 4 rings (SSSR count). The number of carbonyl (C=O) groups excluding carboxylic acids is 1. The molecule has 178 valence electrons. The van der Waals surface area contributed by atoms with E-state index >= 15 is 0 Å². The average molecular weight is 473 g/mol. The van der Waals surface area contributed by atoms with Crippen molar-refractivity contribution >= 4 is 23.1 Å². The zero-order chi connectivity index (χ0) is 24.6. The first-order valence-corrected chi connectivity index (χ1v) is 10.9. The van der Waals surface area contributed by atoms with Gasteiger partial charge in [-0.05, 0) is 54.6 Å². The predicted octanol–water partition coefficient (Wildman–Crippen LogP) is 5.54. The Hall–Kier alpha value is -4.79. The fraction of sp³-hybridized carbons (Fsp3) is 0.115. The third kappa shape index (κ3) is 6.61. The fourth-order valence-electron chi connectivity index (χ4n) is 3.31. The summed E-state index contributed by atoms with van der Waals surface area (Å²) in [6, 6.07) is 19.8. The number of hydrogen-bond acceptors (Lipinski definition) is 6. The number of carbonyl (C=O) groups is 1. The third-order valence-electron chi connectivity index (χ3n) is 5.10. The van der Waals surface area contributed by atoms with Gasteiger partial charge in [0, 0.05) is 43.3 Å². The molecule has 0 bridgehead atoms. The van der Waals surface area contributed by atoms with Gasteiger partial charge in [-0.3, -0.25) is 10.1 Å². The summed E-state index contributed by atoms with van der Waals surface area (Å²) in [5, 5.41) is 16.7. The number of benzene rings is 3. The molecule has 2 amide bonds. The highest BCUT2D eigenvalue weighted by Gasteiger charge is 2.13. The first-order chi connectivity index (χ1) is 17.0. The van der Waals surface area contributed by atoms with E-state index in [-0.39, 0.29) is 12.3 Å². The van der Waals surface area contributed by atoms with E-state index in [1.54, 1.807) is 66.7 Å². The number of hydrogen-bond donors (Lipinski definition) is 2. The van der Waals surface area contributed by atoms with Gasteiger partial charge in [-0.2, -0.15) is 0 Å². The molecule has 2 N–H and O–H groups in total. The highest BCUT2D eigenvalue weighted by Crippen LogP contribution is 2.23. The molecule has 1 heterocycles. The lowest BCUT2D eigenvalue weighted by atomic mass is 10.2. The van der Waals surface area contributed by atoms with Crippen molar-refractivity contribution in [2.24, 2.45) is 0 Å². The summed E-state index contributed by atoms with van der Waals surface area (Å²) >= 11 is 0. The van der Waals surface area contributed by atoms with E-state index in [0.717, 1.165) is 12.3 Å². The number of likely N-dealkylation sites (N-methyl/N-ethyl adjacent to an activating group) is 1. The Morgan fingerprint density at radius 1 is 1.00 bits per heavy atom. The van der Waals surface area contributed by atoms with Crippen LogP contribution in [0.2, 0.25) is 0 Å². The minimum absolute atomic E-state index is 0.00267. The highest BCUT2D eigenvalue weighted by atomic mass is 16.6. The van der Waals surface area contributed by atoms with Crippen LogP contribution in [0.15, 0.2) is 96.9 Å². The zero-order valence-electron chi connectivity index (χ0n) is 19.0. The molecule has 0 aliphatic carbocycles. The van der Waals surface area contributed by atoms with Gasteiger partial charge in [0.1, 0.15) is 23.9 Å². The number of nitrogens with zero attached hydrogens (tertiary/aromatic N) is 2. The molecule has 3 aromatic carbocycles. The van der Waals surface area contributed by atoms with E-state index in [1.807, 2.05) is 30.3 Å². The van der Waals surface area contributed by atoms with Crippen LogP contribution >= 0.6 is 0 Å². The van der Waals surface area contributed by atoms with Gasteiger partial charge in [-0.1, -0.05) is 18.2 Å². The average Bonchev–Trinajstić information content (AvgIpc) is 2.85. The molecule has 0 atom stereocenters. The third-order valence-corrected chi connectivity index (χ3v) is 5.10. The predicted molar refractivity (Wildman–Crippen MR) is 133 cm³/mol. The van der Waals surface area contributed by atoms with Gasteiger partial charge in [-0.25, -0.2) is 4.79 Å². The molecule has 9 nitrogen and oxygen atoms in total. The molecular formula is C26H24N4O5. The summed E-state index contributed by atoms with van der Waals surface area (Å²) in [6.45, 7) is 0.814. The Morgan fingerprint density at radius 3 is 2.51 bits per heavy atom. The number of urea groups is 1. The second-order valence-corrected chi connectivity index (χ2v) is 7.77. The van der Waals surface area contributed by atoms with Crippen LogP contribution in [-0.4, -0.2) is 29.4 Å². The Bertz CT molecular complexity index is 1270. The lowest BCUT2D eigenvalue weighted by Gasteiger charge is -2.17. The number of ether oxygens (including phenoxy) is 2. The summed E-state index contributed by atoms with van der Waals surface area (Å²) in [7, 11) is 1.98. The lowest BCUT2D eigenvalue weighted by Crippen LogP contribution is -2.19. The van der Waals surface area contributed by atoms with E-state index < -0.39 is 11.0 Å². The second-order valence-electron chi connectivity index (χ2n) is 7.77. The van der Waals surface area contributed by atoms with Crippen LogP contribution in [0.1, 0.15) is 5.56 Å². The topological polar surface area (TPSA) is 106 Å². The quantitative estimate of drug-likeness (QED) is 0.329. The number of allylic oxidation sites excluding steroid dienone is 1. The van der Waals surface area contributed by atoms with E-state index in [4.69, 9.17) is 9.47 Å². The monoisotopic (exact) mass is 472 g/mol. The Kier molecular flexibility index (Phi) is 7.27. The largest absolute Gasteiger partial charge is 0.489 e. The van der Waals surface area contributed by atoms with Gasteiger partial charge in [-0.15, -0.1) is 0 Å². The number of nitro benzene ring substituents is 1. The van der Waals surface area contributed by atoms with Gasteiger partial charge < -0.3 is 25.0 Å². The number of anilines is 2. The second kappa shape index (κ2) is 10.9. The van der Waals surface area contributed by atoms with Crippen molar-refractivity contribution in [3.8, 4) is 11.5 Å². The van der Waals surface area contributed by atoms with E-state index in [1.165, 1.54) is 6.07 Å². The molecule has 0 saturated heterocycles. The van der Waals surface area contributed by atoms with Crippen LogP contribution in [-0.2, 0) is 6.61 Å². The number of nitro groups is 1. The van der Waals surface area contributed by atoms with E-state index in [2.05, 4.69) is 10.6 Å². The molecule has 0 radical (unpaired) electrons. The van der Waals surface area contributed by atoms with Gasteiger partial charge in [0.15, 0.2) is 0 Å². The van der Waals surface area contributed by atoms with E-state index in [0.29, 0.717) is 28.4 Å². The molecule has 1 aliphatic heterocycles. The van der Waals surface area contributed by atoms with Gasteiger partial charge in [0.2, 0.25) is 0 Å². The normalized spacial score (nSPS) is 12.5. The molecule has 1 aliphatic rings. The molecule has 9 heteroatoms. The minimum atomic E-state index is -0.442. The Labute approximate surface area is 202 Å². The zero-order valence-corrected chi connectivity index (χ0v) is 19.0. The Morgan fingerprint density at radius 2 is 1.77 bits per heavy atom. The van der Waals surface area contributed by atoms with Crippen molar-refractivity contribution in [1.82, 2.24) is 4.90 Å². The first-order valence-electron chi connectivity index (χ1n) is 10.9. The van der Waals surface area contributed by atoms with Crippen LogP contribution in [0.4, 0.5) is 21.9 Å². The molecule has 3 aromatic rings. The number of amides is 2. The fourth-order valence-corrected chi connectivity index (χ4v) is 3.31. The molecule has 0 spiro atoms. The number of rotatable bonds is 8. The van der Waals surface area contributed by atoms with Crippen molar-refractivity contribution in [3.05, 3.63) is 113 Å². The van der Waals surface area contributed by atoms with Gasteiger partial charge >= 0.3 is 6.03 Å². The van der Waals surface area contributed by atoms with Crippen molar-refractivity contribution in [3.63, 3.8) is 0 Å². The molecular weight excluding hydrogens is 448 g/mol. The summed E-state index contributed by atoms with van der Waals surface area (Å²) in [5.41, 5.74) is 1.58. The molecule has 0 unspecified atom stereocenters. The Balaban J connectivity index is 1.30. The van der Waals surface area contributed by atoms with Crippen molar-refractivity contribution in [2.45, 2.75) is 6.61 Å². The number of para-hydroxylation sites is 1. The van der Waals surface area contributed by atoms with Crippen LogP contribution in [0.25, 0.3) is 0 Å². The smallest absolute Gasteiger partial charge is 0.323 e. The van der Waals surface area contributed by atoms with Gasteiger partial charge in [0.25, 0.3) is 5.69 Å². The van der Waals surface area contributed by atoms with Crippen LogP contribution in [0.3, 0.4) is 0 Å². The summed E-state index contributed by atoms with van der Waals surface area (Å²) in [5.74, 6) is 1.91. The minimum Gasteiger partial charge on any atom is -0.489 e. The van der Waals surface area contributed by atoms with Gasteiger partial charge in [0.05, 0.1) is 10.5 Å². The maximum atomic E-state index is 12.4. The van der Waals surface area contributed by atoms with Crippen LogP contribution in [0, 0.1) is 10.1 Å². The highest BCUT2D eigenvalue weighted by molar-refractivity contribution is 5.99.